The van der Waals surface area contributed by atoms with Gasteiger partial charge in [0.25, 0.3) is 0 Å². The highest BCUT2D eigenvalue weighted by atomic mass is 16.5. The van der Waals surface area contributed by atoms with E-state index in [4.69, 9.17) is 4.74 Å². The van der Waals surface area contributed by atoms with Crippen molar-refractivity contribution in [2.45, 2.75) is 20.4 Å². The Balaban J connectivity index is 1.56. The zero-order valence-electron chi connectivity index (χ0n) is 14.2. The van der Waals surface area contributed by atoms with Crippen LogP contribution in [0.3, 0.4) is 0 Å². The van der Waals surface area contributed by atoms with Gasteiger partial charge in [-0.1, -0.05) is 56.3 Å². The van der Waals surface area contributed by atoms with Crippen LogP contribution in [0.5, 0.6) is 5.88 Å². The fourth-order valence-electron chi connectivity index (χ4n) is 2.55. The van der Waals surface area contributed by atoms with Gasteiger partial charge < -0.3 is 10.1 Å². The normalized spacial score (nSPS) is 11.6. The predicted molar refractivity (Wildman–Crippen MR) is 97.0 cm³/mol. The number of nitrogens with zero attached hydrogens (tertiary/aromatic N) is 2. The lowest BCUT2D eigenvalue weighted by atomic mass is 9.95. The maximum atomic E-state index is 6.00. The van der Waals surface area contributed by atoms with Gasteiger partial charge in [-0.25, -0.2) is 9.97 Å². The van der Waals surface area contributed by atoms with E-state index in [1.54, 1.807) is 6.33 Å². The van der Waals surface area contributed by atoms with Crippen molar-refractivity contribution in [2.75, 3.05) is 13.2 Å². The quantitative estimate of drug-likeness (QED) is 0.718. The number of fused-ring (bicyclic) bond motifs is 1. The van der Waals surface area contributed by atoms with E-state index in [0.717, 1.165) is 24.0 Å². The van der Waals surface area contributed by atoms with Gasteiger partial charge in [-0.2, -0.15) is 0 Å². The van der Waals surface area contributed by atoms with Crippen LogP contribution in [0.25, 0.3) is 10.9 Å². The molecular weight excluding hydrogens is 298 g/mol. The fraction of sp³-hybridized carbons (Fsp3) is 0.300. The number of hydrogen-bond donors (Lipinski definition) is 1. The Kier molecular flexibility index (Phi) is 5.06. The Labute approximate surface area is 142 Å². The first-order valence-electron chi connectivity index (χ1n) is 8.21. The van der Waals surface area contributed by atoms with Gasteiger partial charge in [0, 0.05) is 18.5 Å². The third-order valence-corrected chi connectivity index (χ3v) is 3.88. The van der Waals surface area contributed by atoms with Crippen LogP contribution in [-0.2, 0) is 6.54 Å². The number of ether oxygens (including phenoxy) is 1. The summed E-state index contributed by atoms with van der Waals surface area (Å²) in [6, 6.07) is 18.3. The molecule has 0 amide bonds. The largest absolute Gasteiger partial charge is 0.477 e. The molecule has 0 aliphatic heterocycles. The molecule has 24 heavy (non-hydrogen) atoms. The average Bonchev–Trinajstić information content (AvgIpc) is 2.61. The van der Waals surface area contributed by atoms with Crippen molar-refractivity contribution in [3.05, 3.63) is 66.5 Å². The van der Waals surface area contributed by atoms with E-state index < -0.39 is 0 Å². The topological polar surface area (TPSA) is 47.0 Å². The molecule has 2 aromatic carbocycles. The second-order valence-electron chi connectivity index (χ2n) is 6.74. The van der Waals surface area contributed by atoms with Gasteiger partial charge in [-0.05, 0) is 17.7 Å². The van der Waals surface area contributed by atoms with Crippen molar-refractivity contribution in [3.63, 3.8) is 0 Å². The van der Waals surface area contributed by atoms with Crippen molar-refractivity contribution >= 4 is 10.9 Å². The van der Waals surface area contributed by atoms with Crippen molar-refractivity contribution in [1.82, 2.24) is 15.3 Å². The Morgan fingerprint density at radius 1 is 0.958 bits per heavy atom. The fourth-order valence-corrected chi connectivity index (χ4v) is 2.55. The summed E-state index contributed by atoms with van der Waals surface area (Å²) in [7, 11) is 0. The molecule has 0 aliphatic carbocycles. The summed E-state index contributed by atoms with van der Waals surface area (Å²) >= 11 is 0. The molecule has 3 aromatic rings. The molecule has 0 spiro atoms. The standard InChI is InChI=1S/C20H23N3O/c1-20(2,13-21-12-16-8-4-3-5-9-16)14-24-19-17-10-6-7-11-18(17)22-15-23-19/h3-11,15,21H,12-14H2,1-2H3. The maximum Gasteiger partial charge on any atom is 0.224 e. The first-order valence-corrected chi connectivity index (χ1v) is 8.21. The third-order valence-electron chi connectivity index (χ3n) is 3.88. The van der Waals surface area contributed by atoms with Gasteiger partial charge in [0.05, 0.1) is 17.5 Å². The molecule has 1 heterocycles. The van der Waals surface area contributed by atoms with Gasteiger partial charge in [-0.15, -0.1) is 0 Å². The van der Waals surface area contributed by atoms with Crippen LogP contribution in [0.4, 0.5) is 0 Å². The van der Waals surface area contributed by atoms with Crippen molar-refractivity contribution < 1.29 is 4.74 Å². The van der Waals surface area contributed by atoms with Crippen LogP contribution in [-0.4, -0.2) is 23.1 Å². The van der Waals surface area contributed by atoms with Crippen molar-refractivity contribution in [1.29, 1.82) is 0 Å². The van der Waals surface area contributed by atoms with Gasteiger partial charge in [0.2, 0.25) is 5.88 Å². The molecule has 0 saturated heterocycles. The van der Waals surface area contributed by atoms with Crippen LogP contribution in [0.15, 0.2) is 60.9 Å². The van der Waals surface area contributed by atoms with E-state index in [0.29, 0.717) is 12.5 Å². The number of benzene rings is 2. The molecule has 1 N–H and O–H groups in total. The molecule has 1 aromatic heterocycles. The van der Waals surface area contributed by atoms with Crippen LogP contribution in [0.2, 0.25) is 0 Å². The minimum Gasteiger partial charge on any atom is -0.477 e. The average molecular weight is 321 g/mol. The van der Waals surface area contributed by atoms with Crippen LogP contribution in [0.1, 0.15) is 19.4 Å². The summed E-state index contributed by atoms with van der Waals surface area (Å²) in [5, 5.41) is 4.45. The summed E-state index contributed by atoms with van der Waals surface area (Å²) in [5.74, 6) is 0.650. The monoisotopic (exact) mass is 321 g/mol. The molecule has 0 unspecified atom stereocenters. The molecule has 4 heteroatoms. The SMILES string of the molecule is CC(C)(CNCc1ccccc1)COc1ncnc2ccccc12. The lowest BCUT2D eigenvalue weighted by molar-refractivity contribution is 0.172. The molecular formula is C20H23N3O. The van der Waals surface area contributed by atoms with Crippen molar-refractivity contribution in [2.24, 2.45) is 5.41 Å². The molecule has 124 valence electrons. The number of para-hydroxylation sites is 1. The highest BCUT2D eigenvalue weighted by Gasteiger charge is 2.19. The maximum absolute atomic E-state index is 6.00. The molecule has 3 rings (SSSR count). The summed E-state index contributed by atoms with van der Waals surface area (Å²) in [6.07, 6.45) is 1.55. The Morgan fingerprint density at radius 2 is 1.71 bits per heavy atom. The van der Waals surface area contributed by atoms with Crippen LogP contribution < -0.4 is 10.1 Å². The molecule has 0 saturated carbocycles. The van der Waals surface area contributed by atoms with Crippen LogP contribution in [0, 0.1) is 5.41 Å². The third kappa shape index (κ3) is 4.30. The number of nitrogens with one attached hydrogen (secondary N) is 1. The summed E-state index contributed by atoms with van der Waals surface area (Å²) in [6.45, 7) is 6.70. The first kappa shape index (κ1) is 16.4. The van der Waals surface area contributed by atoms with Gasteiger partial charge >= 0.3 is 0 Å². The highest BCUT2D eigenvalue weighted by Crippen LogP contribution is 2.23. The second kappa shape index (κ2) is 7.41. The minimum atomic E-state index is 0.000827. The molecule has 0 radical (unpaired) electrons. The number of rotatable bonds is 7. The minimum absolute atomic E-state index is 0.000827. The van der Waals surface area contributed by atoms with E-state index in [-0.39, 0.29) is 5.41 Å². The lowest BCUT2D eigenvalue weighted by Gasteiger charge is -2.25. The van der Waals surface area contributed by atoms with E-state index in [1.165, 1.54) is 5.56 Å². The molecule has 0 aliphatic rings. The highest BCUT2D eigenvalue weighted by molar-refractivity contribution is 5.82. The van der Waals surface area contributed by atoms with Crippen LogP contribution >= 0.6 is 0 Å². The Morgan fingerprint density at radius 3 is 2.54 bits per heavy atom. The van der Waals surface area contributed by atoms with E-state index in [1.807, 2.05) is 30.3 Å². The van der Waals surface area contributed by atoms with Crippen molar-refractivity contribution in [3.8, 4) is 5.88 Å². The molecule has 0 bridgehead atoms. The second-order valence-corrected chi connectivity index (χ2v) is 6.74. The molecule has 0 atom stereocenters. The summed E-state index contributed by atoms with van der Waals surface area (Å²) in [4.78, 5) is 8.55. The zero-order valence-corrected chi connectivity index (χ0v) is 14.2. The first-order chi connectivity index (χ1) is 11.6. The zero-order chi connectivity index (χ0) is 16.8. The Hall–Kier alpha value is -2.46. The number of aromatic nitrogens is 2. The summed E-state index contributed by atoms with van der Waals surface area (Å²) in [5.41, 5.74) is 2.19. The van der Waals surface area contributed by atoms with E-state index in [9.17, 15) is 0 Å². The smallest absolute Gasteiger partial charge is 0.224 e. The molecule has 4 nitrogen and oxygen atoms in total. The lowest BCUT2D eigenvalue weighted by Crippen LogP contribution is -2.34. The van der Waals surface area contributed by atoms with E-state index in [2.05, 4.69) is 53.4 Å². The van der Waals surface area contributed by atoms with Gasteiger partial charge in [0.15, 0.2) is 0 Å². The van der Waals surface area contributed by atoms with Gasteiger partial charge in [-0.3, -0.25) is 0 Å². The Bertz CT molecular complexity index is 782. The van der Waals surface area contributed by atoms with E-state index >= 15 is 0 Å². The predicted octanol–water partition coefficient (Wildman–Crippen LogP) is 3.82. The summed E-state index contributed by atoms with van der Waals surface area (Å²) < 4.78 is 6.00. The van der Waals surface area contributed by atoms with Gasteiger partial charge in [0.1, 0.15) is 6.33 Å². The molecule has 0 fully saturated rings. The number of hydrogen-bond acceptors (Lipinski definition) is 4.